The van der Waals surface area contributed by atoms with E-state index in [1.807, 2.05) is 5.43 Å². The summed E-state index contributed by atoms with van der Waals surface area (Å²) in [5, 5.41) is 2.82. The normalized spacial score (nSPS) is 9.87. The van der Waals surface area contributed by atoms with Crippen molar-refractivity contribution in [2.45, 2.75) is 13.5 Å². The van der Waals surface area contributed by atoms with Gasteiger partial charge in [-0.05, 0) is 30.2 Å². The van der Waals surface area contributed by atoms with E-state index < -0.39 is 6.03 Å². The first kappa shape index (κ1) is 11.7. The molecule has 1 aromatic rings. The number of aryl methyl sites for hydroxylation is 1. The van der Waals surface area contributed by atoms with Gasteiger partial charge in [0.2, 0.25) is 0 Å². The van der Waals surface area contributed by atoms with Gasteiger partial charge in [0.15, 0.2) is 0 Å². The van der Waals surface area contributed by atoms with Crippen LogP contribution in [0.3, 0.4) is 0 Å². The first-order chi connectivity index (χ1) is 7.04. The summed E-state index contributed by atoms with van der Waals surface area (Å²) in [7, 11) is 0. The van der Waals surface area contributed by atoms with Gasteiger partial charge in [-0.1, -0.05) is 11.6 Å². The molecule has 4 N–H and O–H groups in total. The highest BCUT2D eigenvalue weighted by atomic mass is 35.5. The summed E-state index contributed by atoms with van der Waals surface area (Å²) < 4.78 is 13.2. The van der Waals surface area contributed by atoms with Crippen molar-refractivity contribution < 1.29 is 9.18 Å². The molecule has 0 aliphatic rings. The molecular weight excluding hydrogens is 221 g/mol. The van der Waals surface area contributed by atoms with Crippen LogP contribution in [0.4, 0.5) is 9.18 Å². The van der Waals surface area contributed by atoms with E-state index in [0.29, 0.717) is 16.1 Å². The zero-order valence-corrected chi connectivity index (χ0v) is 8.86. The second-order valence-electron chi connectivity index (χ2n) is 3.02. The van der Waals surface area contributed by atoms with Gasteiger partial charge >= 0.3 is 6.03 Å². The molecule has 0 atom stereocenters. The van der Waals surface area contributed by atoms with Crippen LogP contribution in [-0.4, -0.2) is 6.03 Å². The van der Waals surface area contributed by atoms with Crippen LogP contribution in [0.2, 0.25) is 5.02 Å². The minimum atomic E-state index is -0.549. The second kappa shape index (κ2) is 4.95. The number of hydrogen-bond donors (Lipinski definition) is 3. The molecule has 2 amide bonds. The molecule has 0 fully saturated rings. The summed E-state index contributed by atoms with van der Waals surface area (Å²) >= 11 is 5.86. The van der Waals surface area contributed by atoms with Crippen molar-refractivity contribution in [1.82, 2.24) is 10.7 Å². The highest BCUT2D eigenvalue weighted by Gasteiger charge is 2.06. The van der Waals surface area contributed by atoms with Crippen molar-refractivity contribution in [3.8, 4) is 0 Å². The van der Waals surface area contributed by atoms with Crippen LogP contribution in [0.1, 0.15) is 11.1 Å². The number of hydrazine groups is 1. The molecule has 1 rings (SSSR count). The van der Waals surface area contributed by atoms with Crippen molar-refractivity contribution in [3.63, 3.8) is 0 Å². The largest absolute Gasteiger partial charge is 0.333 e. The smallest absolute Gasteiger partial charge is 0.329 e. The van der Waals surface area contributed by atoms with Gasteiger partial charge in [-0.2, -0.15) is 0 Å². The van der Waals surface area contributed by atoms with Gasteiger partial charge in [-0.25, -0.2) is 15.0 Å². The summed E-state index contributed by atoms with van der Waals surface area (Å²) in [5.41, 5.74) is 2.86. The van der Waals surface area contributed by atoms with Crippen LogP contribution in [0, 0.1) is 12.7 Å². The number of rotatable bonds is 2. The first-order valence-electron chi connectivity index (χ1n) is 4.23. The Labute approximate surface area is 91.6 Å². The van der Waals surface area contributed by atoms with E-state index >= 15 is 0 Å². The third-order valence-corrected chi connectivity index (χ3v) is 2.25. The molecule has 0 spiro atoms. The van der Waals surface area contributed by atoms with Gasteiger partial charge in [-0.15, -0.1) is 0 Å². The highest BCUT2D eigenvalue weighted by molar-refractivity contribution is 6.31. The summed E-state index contributed by atoms with van der Waals surface area (Å²) in [6, 6.07) is 2.25. The van der Waals surface area contributed by atoms with Crippen LogP contribution in [0.5, 0.6) is 0 Å². The molecule has 0 aliphatic heterocycles. The average Bonchev–Trinajstić information content (AvgIpc) is 2.21. The van der Waals surface area contributed by atoms with E-state index in [1.54, 1.807) is 6.92 Å². The molecule has 6 heteroatoms. The first-order valence-corrected chi connectivity index (χ1v) is 4.61. The van der Waals surface area contributed by atoms with E-state index in [9.17, 15) is 9.18 Å². The number of benzene rings is 1. The van der Waals surface area contributed by atoms with Crippen LogP contribution in [-0.2, 0) is 6.54 Å². The molecular formula is C9H11ClFN3O. The Balaban J connectivity index is 2.77. The van der Waals surface area contributed by atoms with Gasteiger partial charge in [0.1, 0.15) is 5.82 Å². The zero-order chi connectivity index (χ0) is 11.4. The topological polar surface area (TPSA) is 67.2 Å². The molecule has 0 radical (unpaired) electrons. The fourth-order valence-electron chi connectivity index (χ4n) is 1.05. The molecule has 0 unspecified atom stereocenters. The Bertz CT molecular complexity index is 384. The highest BCUT2D eigenvalue weighted by Crippen LogP contribution is 2.20. The molecule has 1 aromatic carbocycles. The van der Waals surface area contributed by atoms with Crippen LogP contribution in [0.25, 0.3) is 0 Å². The van der Waals surface area contributed by atoms with E-state index in [4.69, 9.17) is 17.4 Å². The third kappa shape index (κ3) is 3.07. The Morgan fingerprint density at radius 3 is 2.87 bits per heavy atom. The minimum absolute atomic E-state index is 0.124. The predicted molar refractivity (Wildman–Crippen MR) is 55.7 cm³/mol. The SMILES string of the molecule is Cc1cc(Cl)c(CNC(=O)NN)cc1F. The average molecular weight is 232 g/mol. The minimum Gasteiger partial charge on any atom is -0.333 e. The maximum atomic E-state index is 13.2. The fraction of sp³-hybridized carbons (Fsp3) is 0.222. The monoisotopic (exact) mass is 231 g/mol. The fourth-order valence-corrected chi connectivity index (χ4v) is 1.33. The summed E-state index contributed by atoms with van der Waals surface area (Å²) in [6.45, 7) is 1.74. The maximum absolute atomic E-state index is 13.2. The van der Waals surface area contributed by atoms with Crippen LogP contribution in [0.15, 0.2) is 12.1 Å². The number of nitrogens with two attached hydrogens (primary N) is 1. The van der Waals surface area contributed by atoms with Crippen LogP contribution < -0.4 is 16.6 Å². The van der Waals surface area contributed by atoms with Gasteiger partial charge in [0.25, 0.3) is 0 Å². The Hall–Kier alpha value is -1.33. The van der Waals surface area contributed by atoms with Crippen molar-refractivity contribution >= 4 is 17.6 Å². The van der Waals surface area contributed by atoms with E-state index in [0.717, 1.165) is 0 Å². The molecule has 0 aliphatic carbocycles. The lowest BCUT2D eigenvalue weighted by Crippen LogP contribution is -2.39. The maximum Gasteiger partial charge on any atom is 0.329 e. The predicted octanol–water partition coefficient (Wildman–Crippen LogP) is 1.46. The van der Waals surface area contributed by atoms with Crippen molar-refractivity contribution in [2.75, 3.05) is 0 Å². The number of halogens is 2. The summed E-state index contributed by atoms with van der Waals surface area (Å²) in [6.07, 6.45) is 0. The van der Waals surface area contributed by atoms with Crippen molar-refractivity contribution in [3.05, 3.63) is 34.1 Å². The molecule has 0 aromatic heterocycles. The van der Waals surface area contributed by atoms with Crippen LogP contribution >= 0.6 is 11.6 Å². The Kier molecular flexibility index (Phi) is 3.88. The number of hydrogen-bond acceptors (Lipinski definition) is 2. The number of urea groups is 1. The molecule has 82 valence electrons. The molecule has 4 nitrogen and oxygen atoms in total. The summed E-state index contributed by atoms with van der Waals surface area (Å²) in [4.78, 5) is 10.8. The standard InChI is InChI=1S/C9H11ClFN3O/c1-5-2-7(10)6(3-8(5)11)4-13-9(15)14-12/h2-3H,4,12H2,1H3,(H2,13,14,15). The Morgan fingerprint density at radius 2 is 2.27 bits per heavy atom. The van der Waals surface area contributed by atoms with Crippen molar-refractivity contribution in [2.24, 2.45) is 5.84 Å². The van der Waals surface area contributed by atoms with Gasteiger partial charge in [0.05, 0.1) is 0 Å². The number of amides is 2. The third-order valence-electron chi connectivity index (χ3n) is 1.90. The van der Waals surface area contributed by atoms with Crippen molar-refractivity contribution in [1.29, 1.82) is 0 Å². The van der Waals surface area contributed by atoms with Gasteiger partial charge in [0, 0.05) is 11.6 Å². The van der Waals surface area contributed by atoms with Gasteiger partial charge < -0.3 is 5.32 Å². The van der Waals surface area contributed by atoms with E-state index in [-0.39, 0.29) is 12.4 Å². The van der Waals surface area contributed by atoms with E-state index in [2.05, 4.69) is 5.32 Å². The molecule has 0 bridgehead atoms. The zero-order valence-electron chi connectivity index (χ0n) is 8.10. The van der Waals surface area contributed by atoms with E-state index in [1.165, 1.54) is 12.1 Å². The quantitative estimate of drug-likeness (QED) is 0.410. The number of carbonyl (C=O) groups excluding carboxylic acids is 1. The number of carbonyl (C=O) groups is 1. The summed E-state index contributed by atoms with van der Waals surface area (Å²) in [5.74, 6) is 4.50. The molecule has 0 heterocycles. The Morgan fingerprint density at radius 1 is 1.60 bits per heavy atom. The number of nitrogens with one attached hydrogen (secondary N) is 2. The lowest BCUT2D eigenvalue weighted by atomic mass is 10.1. The molecule has 0 saturated carbocycles. The molecule has 15 heavy (non-hydrogen) atoms. The second-order valence-corrected chi connectivity index (χ2v) is 3.43. The van der Waals surface area contributed by atoms with Gasteiger partial charge in [-0.3, -0.25) is 5.43 Å². The lowest BCUT2D eigenvalue weighted by Gasteiger charge is -2.07. The lowest BCUT2D eigenvalue weighted by molar-refractivity contribution is 0.241. The molecule has 0 saturated heterocycles.